The van der Waals surface area contributed by atoms with Gasteiger partial charge in [0.1, 0.15) is 5.15 Å². The van der Waals surface area contributed by atoms with Crippen LogP contribution >= 0.6 is 23.2 Å². The molecule has 1 amide bonds. The van der Waals surface area contributed by atoms with E-state index in [1.165, 1.54) is 37.9 Å². The summed E-state index contributed by atoms with van der Waals surface area (Å²) in [5.74, 6) is 0.397. The van der Waals surface area contributed by atoms with Crippen molar-refractivity contribution in [2.24, 2.45) is 5.92 Å². The summed E-state index contributed by atoms with van der Waals surface area (Å²) in [5.41, 5.74) is 0.390. The quantitative estimate of drug-likeness (QED) is 0.861. The van der Waals surface area contributed by atoms with Gasteiger partial charge in [0.05, 0.1) is 10.6 Å². The summed E-state index contributed by atoms with van der Waals surface area (Å²) >= 11 is 11.7. The molecule has 5 heteroatoms. The molecule has 0 spiro atoms. The van der Waals surface area contributed by atoms with Gasteiger partial charge in [-0.15, -0.1) is 0 Å². The average molecular weight is 287 g/mol. The maximum Gasteiger partial charge on any atom is 0.253 e. The van der Waals surface area contributed by atoms with Crippen LogP contribution in [0.4, 0.5) is 0 Å². The predicted octanol–water partition coefficient (Wildman–Crippen LogP) is 3.70. The average Bonchev–Trinajstić information content (AvgIpc) is 2.85. The van der Waals surface area contributed by atoms with Crippen LogP contribution in [0.25, 0.3) is 0 Å². The number of amides is 1. The van der Waals surface area contributed by atoms with Crippen LogP contribution in [0, 0.1) is 5.92 Å². The number of halogens is 2. The number of hydrogen-bond acceptors (Lipinski definition) is 2. The molecule has 3 nitrogen and oxygen atoms in total. The van der Waals surface area contributed by atoms with Crippen molar-refractivity contribution < 1.29 is 4.79 Å². The van der Waals surface area contributed by atoms with Crippen molar-refractivity contribution in [3.05, 3.63) is 28.0 Å². The highest BCUT2D eigenvalue weighted by Crippen LogP contribution is 2.28. The molecular weight excluding hydrogens is 271 g/mol. The fraction of sp³-hybridized carbons (Fsp3) is 0.538. The summed E-state index contributed by atoms with van der Waals surface area (Å²) in [5, 5.41) is 3.60. The van der Waals surface area contributed by atoms with Gasteiger partial charge >= 0.3 is 0 Å². The molecule has 1 atom stereocenters. The standard InChI is InChI=1S/C13H16Cl2N2O/c1-8(9-4-2-3-5-9)17-13(18)10-6-12(15)16-7-11(10)14/h6-9H,2-5H2,1H3,(H,17,18). The number of aromatic nitrogens is 1. The van der Waals surface area contributed by atoms with Gasteiger partial charge in [-0.2, -0.15) is 0 Å². The third kappa shape index (κ3) is 3.15. The Kier molecular flexibility index (Phi) is 4.46. The van der Waals surface area contributed by atoms with Gasteiger partial charge in [-0.25, -0.2) is 4.98 Å². The van der Waals surface area contributed by atoms with Crippen molar-refractivity contribution in [1.82, 2.24) is 10.3 Å². The second kappa shape index (κ2) is 5.89. The van der Waals surface area contributed by atoms with Gasteiger partial charge in [0, 0.05) is 12.2 Å². The Morgan fingerprint density at radius 2 is 2.11 bits per heavy atom. The Morgan fingerprint density at radius 1 is 1.44 bits per heavy atom. The fourth-order valence-electron chi connectivity index (χ4n) is 2.45. The number of carbonyl (C=O) groups is 1. The Morgan fingerprint density at radius 3 is 2.78 bits per heavy atom. The van der Waals surface area contributed by atoms with Gasteiger partial charge < -0.3 is 5.32 Å². The van der Waals surface area contributed by atoms with Crippen LogP contribution in [-0.4, -0.2) is 16.9 Å². The molecule has 0 saturated heterocycles. The molecule has 1 fully saturated rings. The van der Waals surface area contributed by atoms with E-state index in [0.29, 0.717) is 16.5 Å². The maximum atomic E-state index is 12.1. The Hall–Kier alpha value is -0.800. The SMILES string of the molecule is CC(NC(=O)c1cc(Cl)ncc1Cl)C1CCCC1. The molecule has 2 rings (SSSR count). The van der Waals surface area contributed by atoms with E-state index in [0.717, 1.165) is 0 Å². The third-order valence-corrected chi connectivity index (χ3v) is 4.04. The molecule has 1 aromatic rings. The molecule has 0 radical (unpaired) electrons. The van der Waals surface area contributed by atoms with Crippen molar-refractivity contribution in [3.8, 4) is 0 Å². The van der Waals surface area contributed by atoms with Gasteiger partial charge in [-0.05, 0) is 31.7 Å². The first-order valence-electron chi connectivity index (χ1n) is 6.20. The molecule has 1 saturated carbocycles. The number of rotatable bonds is 3. The van der Waals surface area contributed by atoms with E-state index in [2.05, 4.69) is 10.3 Å². The Balaban J connectivity index is 2.04. The first kappa shape index (κ1) is 13.6. The van der Waals surface area contributed by atoms with Gasteiger partial charge in [0.2, 0.25) is 0 Å². The first-order valence-corrected chi connectivity index (χ1v) is 6.95. The number of nitrogens with zero attached hydrogens (tertiary/aromatic N) is 1. The van der Waals surface area contributed by atoms with E-state index >= 15 is 0 Å². The lowest BCUT2D eigenvalue weighted by Gasteiger charge is -2.20. The summed E-state index contributed by atoms with van der Waals surface area (Å²) in [7, 11) is 0. The zero-order valence-electron chi connectivity index (χ0n) is 10.2. The summed E-state index contributed by atoms with van der Waals surface area (Å²) in [6.45, 7) is 2.05. The van der Waals surface area contributed by atoms with Crippen LogP contribution in [-0.2, 0) is 0 Å². The smallest absolute Gasteiger partial charge is 0.253 e. The maximum absolute atomic E-state index is 12.1. The number of pyridine rings is 1. The van der Waals surface area contributed by atoms with Gasteiger partial charge in [-0.3, -0.25) is 4.79 Å². The van der Waals surface area contributed by atoms with Gasteiger partial charge in [-0.1, -0.05) is 36.0 Å². The second-order valence-electron chi connectivity index (χ2n) is 4.79. The minimum atomic E-state index is -0.177. The lowest BCUT2D eigenvalue weighted by Crippen LogP contribution is -2.37. The third-order valence-electron chi connectivity index (χ3n) is 3.53. The summed E-state index contributed by atoms with van der Waals surface area (Å²) < 4.78 is 0. The fourth-order valence-corrected chi connectivity index (χ4v) is 2.79. The molecule has 0 aliphatic heterocycles. The zero-order valence-corrected chi connectivity index (χ0v) is 11.8. The molecule has 1 N–H and O–H groups in total. The largest absolute Gasteiger partial charge is 0.349 e. The molecule has 1 aliphatic carbocycles. The van der Waals surface area contributed by atoms with Gasteiger partial charge in [0.25, 0.3) is 5.91 Å². The molecule has 1 aliphatic rings. The molecule has 1 heterocycles. The van der Waals surface area contributed by atoms with Crippen LogP contribution in [0.2, 0.25) is 10.2 Å². The van der Waals surface area contributed by atoms with Crippen LogP contribution in [0.1, 0.15) is 43.0 Å². The van der Waals surface area contributed by atoms with Crippen LogP contribution < -0.4 is 5.32 Å². The molecule has 18 heavy (non-hydrogen) atoms. The monoisotopic (exact) mass is 286 g/mol. The molecule has 0 aromatic carbocycles. The van der Waals surface area contributed by atoms with Gasteiger partial charge in [0.15, 0.2) is 0 Å². The normalized spacial score (nSPS) is 17.7. The van der Waals surface area contributed by atoms with Crippen molar-refractivity contribution >= 4 is 29.1 Å². The minimum Gasteiger partial charge on any atom is -0.349 e. The summed E-state index contributed by atoms with van der Waals surface area (Å²) in [6.07, 6.45) is 6.29. The van der Waals surface area contributed by atoms with Crippen molar-refractivity contribution in [2.75, 3.05) is 0 Å². The van der Waals surface area contributed by atoms with E-state index in [9.17, 15) is 4.79 Å². The van der Waals surface area contributed by atoms with Crippen molar-refractivity contribution in [3.63, 3.8) is 0 Å². The summed E-state index contributed by atoms with van der Waals surface area (Å²) in [6, 6.07) is 1.67. The first-order chi connectivity index (χ1) is 8.58. The van der Waals surface area contributed by atoms with E-state index < -0.39 is 0 Å². The van der Waals surface area contributed by atoms with Crippen LogP contribution in [0.15, 0.2) is 12.3 Å². The zero-order chi connectivity index (χ0) is 13.1. The molecule has 1 aromatic heterocycles. The van der Waals surface area contributed by atoms with Crippen molar-refractivity contribution in [1.29, 1.82) is 0 Å². The minimum absolute atomic E-state index is 0.169. The highest BCUT2D eigenvalue weighted by atomic mass is 35.5. The van der Waals surface area contributed by atoms with Crippen molar-refractivity contribution in [2.45, 2.75) is 38.6 Å². The van der Waals surface area contributed by atoms with Crippen LogP contribution in [0.5, 0.6) is 0 Å². The lowest BCUT2D eigenvalue weighted by molar-refractivity contribution is 0.0927. The Labute approximate surface area is 117 Å². The Bertz CT molecular complexity index is 445. The summed E-state index contributed by atoms with van der Waals surface area (Å²) in [4.78, 5) is 15.9. The molecule has 0 bridgehead atoms. The number of nitrogens with one attached hydrogen (secondary N) is 1. The second-order valence-corrected chi connectivity index (χ2v) is 5.59. The number of hydrogen-bond donors (Lipinski definition) is 1. The van der Waals surface area contributed by atoms with E-state index in [1.54, 1.807) is 0 Å². The van der Waals surface area contributed by atoms with Crippen LogP contribution in [0.3, 0.4) is 0 Å². The molecule has 98 valence electrons. The molecule has 1 unspecified atom stereocenters. The predicted molar refractivity (Wildman–Crippen MR) is 73.1 cm³/mol. The van der Waals surface area contributed by atoms with E-state index in [4.69, 9.17) is 23.2 Å². The highest BCUT2D eigenvalue weighted by molar-refractivity contribution is 6.35. The molecular formula is C13H16Cl2N2O. The van der Waals surface area contributed by atoms with E-state index in [-0.39, 0.29) is 17.1 Å². The highest BCUT2D eigenvalue weighted by Gasteiger charge is 2.23. The number of carbonyl (C=O) groups excluding carboxylic acids is 1. The van der Waals surface area contributed by atoms with E-state index in [1.807, 2.05) is 6.92 Å². The lowest BCUT2D eigenvalue weighted by atomic mass is 9.99. The topological polar surface area (TPSA) is 42.0 Å².